The van der Waals surface area contributed by atoms with Crippen molar-refractivity contribution in [2.75, 3.05) is 5.73 Å². The molecule has 4 N–H and O–H groups in total. The van der Waals surface area contributed by atoms with Crippen molar-refractivity contribution >= 4 is 48.9 Å². The zero-order valence-corrected chi connectivity index (χ0v) is 12.3. The molecule has 5 heteroatoms. The van der Waals surface area contributed by atoms with Gasteiger partial charge in [-0.1, -0.05) is 15.9 Å². The van der Waals surface area contributed by atoms with E-state index in [9.17, 15) is 0 Å². The molecule has 1 atom stereocenters. The van der Waals surface area contributed by atoms with E-state index in [-0.39, 0.29) is 6.04 Å². The minimum Gasteiger partial charge on any atom is -0.398 e. The van der Waals surface area contributed by atoms with Crippen LogP contribution in [0, 0.1) is 0 Å². The van der Waals surface area contributed by atoms with Crippen molar-refractivity contribution in [3.05, 3.63) is 49.0 Å². The van der Waals surface area contributed by atoms with E-state index < -0.39 is 0 Å². The average Bonchev–Trinajstić information content (AvgIpc) is 2.75. The summed E-state index contributed by atoms with van der Waals surface area (Å²) in [5.41, 5.74) is 14.9. The molecule has 2 aromatic rings. The fourth-order valence-electron chi connectivity index (χ4n) is 1.49. The number of hydrogen-bond donors (Lipinski definition) is 2. The van der Waals surface area contributed by atoms with Crippen LogP contribution in [0.5, 0.6) is 0 Å². The van der Waals surface area contributed by atoms with E-state index in [2.05, 4.69) is 31.9 Å². The molecule has 0 saturated heterocycles. The molecular formula is C11H10Br2N2S. The van der Waals surface area contributed by atoms with Crippen LogP contribution >= 0.6 is 43.2 Å². The molecule has 0 unspecified atom stereocenters. The Morgan fingerprint density at radius 3 is 2.62 bits per heavy atom. The Morgan fingerprint density at radius 2 is 2.00 bits per heavy atom. The van der Waals surface area contributed by atoms with E-state index in [0.29, 0.717) is 5.69 Å². The number of anilines is 1. The first-order valence-corrected chi connectivity index (χ1v) is 7.14. The van der Waals surface area contributed by atoms with E-state index in [1.807, 2.05) is 29.0 Å². The van der Waals surface area contributed by atoms with Gasteiger partial charge in [0.25, 0.3) is 0 Å². The van der Waals surface area contributed by atoms with Crippen molar-refractivity contribution < 1.29 is 0 Å². The minimum absolute atomic E-state index is 0.181. The third-order valence-electron chi connectivity index (χ3n) is 2.36. The molecule has 0 radical (unpaired) electrons. The van der Waals surface area contributed by atoms with Gasteiger partial charge in [-0.25, -0.2) is 0 Å². The summed E-state index contributed by atoms with van der Waals surface area (Å²) < 4.78 is 1.83. The van der Waals surface area contributed by atoms with Crippen LogP contribution in [-0.4, -0.2) is 0 Å². The van der Waals surface area contributed by atoms with E-state index in [4.69, 9.17) is 11.5 Å². The van der Waals surface area contributed by atoms with Crippen molar-refractivity contribution in [1.82, 2.24) is 0 Å². The summed E-state index contributed by atoms with van der Waals surface area (Å²) >= 11 is 8.49. The SMILES string of the molecule is Nc1c(Br)cc(Br)cc1[C@@H](N)c1ccsc1. The second kappa shape index (κ2) is 4.87. The third kappa shape index (κ3) is 2.32. The minimum atomic E-state index is -0.181. The fraction of sp³-hybridized carbons (Fsp3) is 0.0909. The van der Waals surface area contributed by atoms with E-state index in [0.717, 1.165) is 20.1 Å². The number of halogens is 2. The molecule has 0 aliphatic heterocycles. The highest BCUT2D eigenvalue weighted by Crippen LogP contribution is 2.34. The Kier molecular flexibility index (Phi) is 3.69. The molecule has 0 aliphatic rings. The molecular weight excluding hydrogens is 352 g/mol. The first-order chi connectivity index (χ1) is 7.59. The van der Waals surface area contributed by atoms with Crippen LogP contribution in [0.4, 0.5) is 5.69 Å². The summed E-state index contributed by atoms with van der Waals surface area (Å²) in [6.45, 7) is 0. The predicted octanol–water partition coefficient (Wildman–Crippen LogP) is 3.90. The van der Waals surface area contributed by atoms with E-state index >= 15 is 0 Å². The first kappa shape index (κ1) is 12.1. The Labute approximate surface area is 115 Å². The van der Waals surface area contributed by atoms with Gasteiger partial charge in [0.2, 0.25) is 0 Å². The summed E-state index contributed by atoms with van der Waals surface area (Å²) in [5, 5.41) is 4.05. The van der Waals surface area contributed by atoms with Crippen LogP contribution in [0.1, 0.15) is 17.2 Å². The van der Waals surface area contributed by atoms with Crippen molar-refractivity contribution in [1.29, 1.82) is 0 Å². The van der Waals surface area contributed by atoms with Crippen LogP contribution in [0.25, 0.3) is 0 Å². The largest absolute Gasteiger partial charge is 0.398 e. The smallest absolute Gasteiger partial charge is 0.0581 e. The Hall–Kier alpha value is -0.360. The summed E-state index contributed by atoms with van der Waals surface area (Å²) in [4.78, 5) is 0. The third-order valence-corrected chi connectivity index (χ3v) is 4.18. The van der Waals surface area contributed by atoms with Crippen LogP contribution < -0.4 is 11.5 Å². The van der Waals surface area contributed by atoms with Crippen molar-refractivity contribution in [2.45, 2.75) is 6.04 Å². The zero-order valence-electron chi connectivity index (χ0n) is 8.28. The molecule has 2 nitrogen and oxygen atoms in total. The molecule has 0 spiro atoms. The quantitative estimate of drug-likeness (QED) is 0.797. The highest BCUT2D eigenvalue weighted by atomic mass is 79.9. The molecule has 0 amide bonds. The molecule has 1 heterocycles. The number of rotatable bonds is 2. The lowest BCUT2D eigenvalue weighted by atomic mass is 10.0. The number of nitrogen functional groups attached to an aromatic ring is 1. The summed E-state index contributed by atoms with van der Waals surface area (Å²) in [7, 11) is 0. The van der Waals surface area contributed by atoms with E-state index in [1.54, 1.807) is 11.3 Å². The van der Waals surface area contributed by atoms with Gasteiger partial charge in [0, 0.05) is 8.95 Å². The molecule has 1 aromatic heterocycles. The predicted molar refractivity (Wildman–Crippen MR) is 76.6 cm³/mol. The van der Waals surface area contributed by atoms with Gasteiger partial charge < -0.3 is 11.5 Å². The standard InChI is InChI=1S/C11H10Br2N2S/c12-7-3-8(11(15)9(13)4-7)10(14)6-1-2-16-5-6/h1-5,10H,14-15H2/t10-/m0/s1. The summed E-state index contributed by atoms with van der Waals surface area (Å²) in [5.74, 6) is 0. The maximum Gasteiger partial charge on any atom is 0.0581 e. The zero-order chi connectivity index (χ0) is 11.7. The average molecular weight is 362 g/mol. The maximum absolute atomic E-state index is 6.18. The van der Waals surface area contributed by atoms with Gasteiger partial charge in [-0.15, -0.1) is 0 Å². The van der Waals surface area contributed by atoms with Gasteiger partial charge in [-0.2, -0.15) is 11.3 Å². The molecule has 16 heavy (non-hydrogen) atoms. The van der Waals surface area contributed by atoms with Gasteiger partial charge in [0.1, 0.15) is 0 Å². The number of hydrogen-bond acceptors (Lipinski definition) is 3. The second-order valence-corrected chi connectivity index (χ2v) is 5.97. The van der Waals surface area contributed by atoms with Crippen LogP contribution in [-0.2, 0) is 0 Å². The molecule has 2 rings (SSSR count). The van der Waals surface area contributed by atoms with Crippen molar-refractivity contribution in [2.24, 2.45) is 5.73 Å². The van der Waals surface area contributed by atoms with Gasteiger partial charge in [0.05, 0.1) is 11.7 Å². The summed E-state index contributed by atoms with van der Waals surface area (Å²) in [6.07, 6.45) is 0. The summed E-state index contributed by atoms with van der Waals surface area (Å²) in [6, 6.07) is 5.71. The Balaban J connectivity index is 2.48. The molecule has 0 aliphatic carbocycles. The Morgan fingerprint density at radius 1 is 1.25 bits per heavy atom. The van der Waals surface area contributed by atoms with Gasteiger partial charge in [0.15, 0.2) is 0 Å². The number of thiophene rings is 1. The topological polar surface area (TPSA) is 52.0 Å². The lowest BCUT2D eigenvalue weighted by Gasteiger charge is -2.15. The monoisotopic (exact) mass is 360 g/mol. The normalized spacial score (nSPS) is 12.7. The molecule has 1 aromatic carbocycles. The highest BCUT2D eigenvalue weighted by molar-refractivity contribution is 9.11. The van der Waals surface area contributed by atoms with E-state index in [1.165, 1.54) is 0 Å². The molecule has 0 bridgehead atoms. The first-order valence-electron chi connectivity index (χ1n) is 4.61. The van der Waals surface area contributed by atoms with Gasteiger partial charge >= 0.3 is 0 Å². The molecule has 0 saturated carbocycles. The van der Waals surface area contributed by atoms with Crippen molar-refractivity contribution in [3.63, 3.8) is 0 Å². The lowest BCUT2D eigenvalue weighted by molar-refractivity contribution is 0.878. The highest BCUT2D eigenvalue weighted by Gasteiger charge is 2.15. The van der Waals surface area contributed by atoms with Crippen molar-refractivity contribution in [3.8, 4) is 0 Å². The van der Waals surface area contributed by atoms with Crippen LogP contribution in [0.3, 0.4) is 0 Å². The Bertz CT molecular complexity index is 497. The van der Waals surface area contributed by atoms with Gasteiger partial charge in [-0.3, -0.25) is 0 Å². The van der Waals surface area contributed by atoms with Gasteiger partial charge in [-0.05, 0) is 56.0 Å². The second-order valence-electron chi connectivity index (χ2n) is 3.42. The molecule has 84 valence electrons. The maximum atomic E-state index is 6.18. The lowest BCUT2D eigenvalue weighted by Crippen LogP contribution is -2.13. The fourth-order valence-corrected chi connectivity index (χ4v) is 3.45. The van der Waals surface area contributed by atoms with Crippen LogP contribution in [0.15, 0.2) is 37.9 Å². The van der Waals surface area contributed by atoms with Crippen LogP contribution in [0.2, 0.25) is 0 Å². The number of nitrogens with two attached hydrogens (primary N) is 2. The molecule has 0 fully saturated rings. The number of benzene rings is 1.